The molecular formula is C13H21NO. The molecule has 0 aliphatic heterocycles. The number of benzene rings is 1. The van der Waals surface area contributed by atoms with E-state index in [4.69, 9.17) is 10.5 Å². The van der Waals surface area contributed by atoms with Gasteiger partial charge in [0.1, 0.15) is 0 Å². The van der Waals surface area contributed by atoms with Gasteiger partial charge in [0.2, 0.25) is 0 Å². The van der Waals surface area contributed by atoms with Gasteiger partial charge in [-0.25, -0.2) is 0 Å². The topological polar surface area (TPSA) is 35.2 Å². The molecule has 1 rings (SSSR count). The van der Waals surface area contributed by atoms with Crippen molar-refractivity contribution in [1.29, 1.82) is 0 Å². The highest BCUT2D eigenvalue weighted by molar-refractivity contribution is 5.28. The third-order valence-electron chi connectivity index (χ3n) is 2.79. The highest BCUT2D eigenvalue weighted by Crippen LogP contribution is 2.27. The van der Waals surface area contributed by atoms with Crippen molar-refractivity contribution in [2.45, 2.75) is 32.3 Å². The summed E-state index contributed by atoms with van der Waals surface area (Å²) in [6.07, 6.45) is 1.00. The van der Waals surface area contributed by atoms with E-state index in [-0.39, 0.29) is 5.41 Å². The fourth-order valence-electron chi connectivity index (χ4n) is 1.75. The van der Waals surface area contributed by atoms with Crippen molar-refractivity contribution in [2.24, 2.45) is 5.73 Å². The van der Waals surface area contributed by atoms with Gasteiger partial charge in [-0.15, -0.1) is 0 Å². The van der Waals surface area contributed by atoms with E-state index in [1.54, 1.807) is 7.11 Å². The van der Waals surface area contributed by atoms with Gasteiger partial charge < -0.3 is 10.5 Å². The van der Waals surface area contributed by atoms with E-state index in [1.807, 2.05) is 0 Å². The molecule has 15 heavy (non-hydrogen) atoms. The van der Waals surface area contributed by atoms with Gasteiger partial charge in [-0.1, -0.05) is 38.1 Å². The summed E-state index contributed by atoms with van der Waals surface area (Å²) in [4.78, 5) is 0. The van der Waals surface area contributed by atoms with E-state index in [1.165, 1.54) is 11.1 Å². The SMILES string of the molecule is COCc1cccc(C(C)(C)CCN)c1. The largest absolute Gasteiger partial charge is 0.380 e. The van der Waals surface area contributed by atoms with Crippen LogP contribution in [0.1, 0.15) is 31.4 Å². The molecule has 0 aliphatic carbocycles. The predicted octanol–water partition coefficient (Wildman–Crippen LogP) is 2.46. The molecule has 0 unspecified atom stereocenters. The molecule has 0 radical (unpaired) electrons. The van der Waals surface area contributed by atoms with E-state index in [9.17, 15) is 0 Å². The lowest BCUT2D eigenvalue weighted by atomic mass is 9.81. The molecule has 0 atom stereocenters. The molecule has 2 N–H and O–H groups in total. The molecule has 0 aliphatic rings. The quantitative estimate of drug-likeness (QED) is 0.805. The number of rotatable bonds is 5. The summed E-state index contributed by atoms with van der Waals surface area (Å²) in [6, 6.07) is 8.54. The van der Waals surface area contributed by atoms with Gasteiger partial charge in [-0.2, -0.15) is 0 Å². The molecular weight excluding hydrogens is 186 g/mol. The fraction of sp³-hybridized carbons (Fsp3) is 0.538. The number of hydrogen-bond donors (Lipinski definition) is 1. The minimum atomic E-state index is 0.151. The first-order valence-corrected chi connectivity index (χ1v) is 5.38. The van der Waals surface area contributed by atoms with E-state index >= 15 is 0 Å². The van der Waals surface area contributed by atoms with Crippen LogP contribution in [0.15, 0.2) is 24.3 Å². The van der Waals surface area contributed by atoms with Crippen LogP contribution in [-0.4, -0.2) is 13.7 Å². The minimum absolute atomic E-state index is 0.151. The van der Waals surface area contributed by atoms with Gasteiger partial charge in [-0.3, -0.25) is 0 Å². The van der Waals surface area contributed by atoms with Crippen LogP contribution in [0, 0.1) is 0 Å². The van der Waals surface area contributed by atoms with Crippen molar-refractivity contribution >= 4 is 0 Å². The van der Waals surface area contributed by atoms with Crippen LogP contribution in [0.25, 0.3) is 0 Å². The molecule has 84 valence electrons. The van der Waals surface area contributed by atoms with E-state index in [0.717, 1.165) is 13.0 Å². The van der Waals surface area contributed by atoms with Crippen LogP contribution in [0.3, 0.4) is 0 Å². The van der Waals surface area contributed by atoms with E-state index < -0.39 is 0 Å². The van der Waals surface area contributed by atoms with Gasteiger partial charge in [0.25, 0.3) is 0 Å². The summed E-state index contributed by atoms with van der Waals surface area (Å²) in [7, 11) is 1.72. The van der Waals surface area contributed by atoms with Crippen LogP contribution < -0.4 is 5.73 Å². The second-order valence-corrected chi connectivity index (χ2v) is 4.56. The van der Waals surface area contributed by atoms with Crippen molar-refractivity contribution in [3.8, 4) is 0 Å². The van der Waals surface area contributed by atoms with Crippen LogP contribution >= 0.6 is 0 Å². The molecule has 1 aromatic carbocycles. The molecule has 2 nitrogen and oxygen atoms in total. The normalized spacial score (nSPS) is 11.7. The first-order valence-electron chi connectivity index (χ1n) is 5.38. The van der Waals surface area contributed by atoms with Gasteiger partial charge in [0, 0.05) is 7.11 Å². The molecule has 0 aromatic heterocycles. The zero-order valence-corrected chi connectivity index (χ0v) is 9.92. The Morgan fingerprint density at radius 1 is 1.33 bits per heavy atom. The van der Waals surface area contributed by atoms with Crippen molar-refractivity contribution in [2.75, 3.05) is 13.7 Å². The lowest BCUT2D eigenvalue weighted by molar-refractivity contribution is 0.184. The molecule has 0 saturated carbocycles. The zero-order chi connectivity index (χ0) is 11.3. The number of nitrogens with two attached hydrogens (primary N) is 1. The maximum Gasteiger partial charge on any atom is 0.0713 e. The lowest BCUT2D eigenvalue weighted by Gasteiger charge is -2.25. The Hall–Kier alpha value is -0.860. The van der Waals surface area contributed by atoms with Crippen LogP contribution in [0.5, 0.6) is 0 Å². The summed E-state index contributed by atoms with van der Waals surface area (Å²) in [6.45, 7) is 5.85. The summed E-state index contributed by atoms with van der Waals surface area (Å²) >= 11 is 0. The Balaban J connectivity index is 2.88. The Labute approximate surface area is 92.4 Å². The summed E-state index contributed by atoms with van der Waals surface area (Å²) in [5.74, 6) is 0. The number of ether oxygens (including phenoxy) is 1. The smallest absolute Gasteiger partial charge is 0.0713 e. The maximum atomic E-state index is 5.62. The molecule has 0 spiro atoms. The average Bonchev–Trinajstić information content (AvgIpc) is 2.19. The summed E-state index contributed by atoms with van der Waals surface area (Å²) < 4.78 is 5.13. The Kier molecular flexibility index (Phi) is 4.30. The first-order chi connectivity index (χ1) is 7.10. The van der Waals surface area contributed by atoms with Crippen LogP contribution in [0.2, 0.25) is 0 Å². The second-order valence-electron chi connectivity index (χ2n) is 4.56. The molecule has 0 heterocycles. The predicted molar refractivity (Wildman–Crippen MR) is 63.9 cm³/mol. The van der Waals surface area contributed by atoms with Gasteiger partial charge >= 0.3 is 0 Å². The van der Waals surface area contributed by atoms with Crippen molar-refractivity contribution < 1.29 is 4.74 Å². The molecule has 0 amide bonds. The lowest BCUT2D eigenvalue weighted by Crippen LogP contribution is -2.21. The highest BCUT2D eigenvalue weighted by atomic mass is 16.5. The standard InChI is InChI=1S/C13H21NO/c1-13(2,7-8-14)12-6-4-5-11(9-12)10-15-3/h4-6,9H,7-8,10,14H2,1-3H3. The van der Waals surface area contributed by atoms with Crippen LogP contribution in [-0.2, 0) is 16.8 Å². The highest BCUT2D eigenvalue weighted by Gasteiger charge is 2.19. The monoisotopic (exact) mass is 207 g/mol. The van der Waals surface area contributed by atoms with Crippen molar-refractivity contribution in [3.63, 3.8) is 0 Å². The van der Waals surface area contributed by atoms with E-state index in [0.29, 0.717) is 6.61 Å². The summed E-state index contributed by atoms with van der Waals surface area (Å²) in [5.41, 5.74) is 8.33. The molecule has 0 saturated heterocycles. The second kappa shape index (κ2) is 5.29. The van der Waals surface area contributed by atoms with Crippen molar-refractivity contribution in [3.05, 3.63) is 35.4 Å². The Morgan fingerprint density at radius 3 is 2.67 bits per heavy atom. The first kappa shape index (κ1) is 12.2. The number of methoxy groups -OCH3 is 1. The zero-order valence-electron chi connectivity index (χ0n) is 9.92. The Morgan fingerprint density at radius 2 is 2.07 bits per heavy atom. The van der Waals surface area contributed by atoms with Gasteiger partial charge in [0.15, 0.2) is 0 Å². The molecule has 2 heteroatoms. The minimum Gasteiger partial charge on any atom is -0.380 e. The molecule has 0 fully saturated rings. The van der Waals surface area contributed by atoms with Crippen LogP contribution in [0.4, 0.5) is 0 Å². The van der Waals surface area contributed by atoms with Gasteiger partial charge in [-0.05, 0) is 29.5 Å². The third-order valence-corrected chi connectivity index (χ3v) is 2.79. The molecule has 0 bridgehead atoms. The third kappa shape index (κ3) is 3.33. The van der Waals surface area contributed by atoms with Crippen molar-refractivity contribution in [1.82, 2.24) is 0 Å². The number of hydrogen-bond acceptors (Lipinski definition) is 2. The molecule has 1 aromatic rings. The Bertz CT molecular complexity index is 307. The van der Waals surface area contributed by atoms with Gasteiger partial charge in [0.05, 0.1) is 6.61 Å². The fourth-order valence-corrected chi connectivity index (χ4v) is 1.75. The average molecular weight is 207 g/mol. The maximum absolute atomic E-state index is 5.62. The summed E-state index contributed by atoms with van der Waals surface area (Å²) in [5, 5.41) is 0. The van der Waals surface area contributed by atoms with E-state index in [2.05, 4.69) is 38.1 Å².